The smallest absolute Gasteiger partial charge is 0.383 e. The Hall–Kier alpha value is -0.290. The Balaban J connectivity index is 2.33. The number of hydrogen-bond donors (Lipinski definition) is 1. The highest BCUT2D eigenvalue weighted by atomic mass is 19.4. The molecular formula is C13H24F3NO. The molecule has 0 aromatic carbocycles. The summed E-state index contributed by atoms with van der Waals surface area (Å²) in [6.07, 6.45) is -4.71. The Morgan fingerprint density at radius 1 is 1.17 bits per heavy atom. The zero-order valence-electron chi connectivity index (χ0n) is 11.4. The number of likely N-dealkylation sites (tertiary alicyclic amines) is 1. The third-order valence-corrected chi connectivity index (χ3v) is 3.59. The minimum atomic E-state index is -4.47. The number of aliphatic hydroxyl groups is 1. The highest BCUT2D eigenvalue weighted by molar-refractivity contribution is 4.81. The van der Waals surface area contributed by atoms with E-state index in [9.17, 15) is 18.3 Å². The summed E-state index contributed by atoms with van der Waals surface area (Å²) in [5.74, 6) is -0.629. The molecule has 0 spiro atoms. The van der Waals surface area contributed by atoms with Crippen LogP contribution in [0.3, 0.4) is 0 Å². The lowest BCUT2D eigenvalue weighted by atomic mass is 9.89. The van der Waals surface area contributed by atoms with Crippen LogP contribution in [-0.4, -0.2) is 41.9 Å². The number of hydrogen-bond acceptors (Lipinski definition) is 2. The van der Waals surface area contributed by atoms with Gasteiger partial charge >= 0.3 is 6.18 Å². The summed E-state index contributed by atoms with van der Waals surface area (Å²) in [6.45, 7) is 8.73. The van der Waals surface area contributed by atoms with Crippen molar-refractivity contribution in [3.63, 3.8) is 0 Å². The third-order valence-electron chi connectivity index (χ3n) is 3.59. The second-order valence-electron chi connectivity index (χ2n) is 6.48. The number of rotatable bonds is 3. The van der Waals surface area contributed by atoms with Gasteiger partial charge < -0.3 is 10.0 Å². The minimum Gasteiger partial charge on any atom is -0.383 e. The fraction of sp³-hybridized carbons (Fsp3) is 1.00. The Morgan fingerprint density at radius 2 is 1.67 bits per heavy atom. The SMILES string of the molecule is CC(C)(C)CCN1CCC(C(O)C(F)(F)F)CC1. The van der Waals surface area contributed by atoms with Crippen molar-refractivity contribution in [3.8, 4) is 0 Å². The van der Waals surface area contributed by atoms with Crippen LogP contribution in [0.5, 0.6) is 0 Å². The van der Waals surface area contributed by atoms with Gasteiger partial charge in [-0.2, -0.15) is 13.2 Å². The standard InChI is InChI=1S/C13H24F3NO/c1-12(2,3)6-9-17-7-4-10(5-8-17)11(18)13(14,15)16/h10-11,18H,4-9H2,1-3H3. The van der Waals surface area contributed by atoms with Gasteiger partial charge in [0.25, 0.3) is 0 Å². The highest BCUT2D eigenvalue weighted by Crippen LogP contribution is 2.32. The van der Waals surface area contributed by atoms with E-state index in [-0.39, 0.29) is 5.41 Å². The van der Waals surface area contributed by atoms with Gasteiger partial charge in [-0.15, -0.1) is 0 Å². The van der Waals surface area contributed by atoms with Crippen LogP contribution in [0.1, 0.15) is 40.0 Å². The fourth-order valence-corrected chi connectivity index (χ4v) is 2.25. The monoisotopic (exact) mass is 267 g/mol. The number of nitrogens with zero attached hydrogens (tertiary/aromatic N) is 1. The summed E-state index contributed by atoms with van der Waals surface area (Å²) >= 11 is 0. The molecule has 1 aliphatic rings. The normalized spacial score (nSPS) is 22.2. The maximum absolute atomic E-state index is 12.4. The van der Waals surface area contributed by atoms with Crippen molar-refractivity contribution in [1.29, 1.82) is 0 Å². The first-order valence-electron chi connectivity index (χ1n) is 6.57. The van der Waals surface area contributed by atoms with Crippen molar-refractivity contribution in [2.45, 2.75) is 52.3 Å². The van der Waals surface area contributed by atoms with Crippen molar-refractivity contribution in [1.82, 2.24) is 4.90 Å². The van der Waals surface area contributed by atoms with Crippen LogP contribution in [0.4, 0.5) is 13.2 Å². The summed E-state index contributed by atoms with van der Waals surface area (Å²) in [5, 5.41) is 9.21. The van der Waals surface area contributed by atoms with Gasteiger partial charge in [-0.3, -0.25) is 0 Å². The Kier molecular flexibility index (Phi) is 5.06. The summed E-state index contributed by atoms with van der Waals surface area (Å²) in [6, 6.07) is 0. The van der Waals surface area contributed by atoms with Crippen LogP contribution in [0.2, 0.25) is 0 Å². The predicted octanol–water partition coefficient (Wildman–Crippen LogP) is 3.06. The zero-order valence-corrected chi connectivity index (χ0v) is 11.4. The van der Waals surface area contributed by atoms with Gasteiger partial charge in [0.15, 0.2) is 6.10 Å². The first-order valence-corrected chi connectivity index (χ1v) is 6.57. The topological polar surface area (TPSA) is 23.5 Å². The van der Waals surface area contributed by atoms with E-state index in [0.29, 0.717) is 25.9 Å². The molecular weight excluding hydrogens is 243 g/mol. The van der Waals surface area contributed by atoms with E-state index in [0.717, 1.165) is 13.0 Å². The van der Waals surface area contributed by atoms with Gasteiger partial charge in [-0.05, 0) is 50.2 Å². The molecule has 1 heterocycles. The summed E-state index contributed by atoms with van der Waals surface area (Å²) in [7, 11) is 0. The van der Waals surface area contributed by atoms with Gasteiger partial charge in [-0.1, -0.05) is 20.8 Å². The van der Waals surface area contributed by atoms with E-state index in [1.165, 1.54) is 0 Å². The lowest BCUT2D eigenvalue weighted by Crippen LogP contribution is -2.43. The number of halogens is 3. The zero-order chi connectivity index (χ0) is 14.0. The molecule has 0 saturated carbocycles. The molecule has 2 nitrogen and oxygen atoms in total. The molecule has 0 aromatic rings. The molecule has 0 aromatic heterocycles. The van der Waals surface area contributed by atoms with Crippen LogP contribution in [0.15, 0.2) is 0 Å². The molecule has 1 fully saturated rings. The summed E-state index contributed by atoms with van der Waals surface area (Å²) < 4.78 is 37.1. The number of piperidine rings is 1. The average molecular weight is 267 g/mol. The molecule has 1 aliphatic heterocycles. The molecule has 0 aliphatic carbocycles. The van der Waals surface area contributed by atoms with Crippen molar-refractivity contribution in [3.05, 3.63) is 0 Å². The molecule has 1 atom stereocenters. The van der Waals surface area contributed by atoms with Crippen molar-refractivity contribution >= 4 is 0 Å². The molecule has 1 rings (SSSR count). The molecule has 108 valence electrons. The molecule has 0 bridgehead atoms. The van der Waals surface area contributed by atoms with E-state index in [1.807, 2.05) is 0 Å². The van der Waals surface area contributed by atoms with Crippen LogP contribution in [0, 0.1) is 11.3 Å². The van der Waals surface area contributed by atoms with Crippen molar-refractivity contribution < 1.29 is 18.3 Å². The van der Waals surface area contributed by atoms with E-state index in [1.54, 1.807) is 0 Å². The molecule has 0 amide bonds. The van der Waals surface area contributed by atoms with Crippen LogP contribution < -0.4 is 0 Å². The Morgan fingerprint density at radius 3 is 2.06 bits per heavy atom. The van der Waals surface area contributed by atoms with E-state index in [2.05, 4.69) is 25.7 Å². The molecule has 18 heavy (non-hydrogen) atoms. The maximum Gasteiger partial charge on any atom is 0.414 e. The molecule has 0 radical (unpaired) electrons. The van der Waals surface area contributed by atoms with Gasteiger partial charge in [0.2, 0.25) is 0 Å². The van der Waals surface area contributed by atoms with Gasteiger partial charge in [-0.25, -0.2) is 0 Å². The van der Waals surface area contributed by atoms with Crippen LogP contribution in [0.25, 0.3) is 0 Å². The largest absolute Gasteiger partial charge is 0.414 e. The lowest BCUT2D eigenvalue weighted by molar-refractivity contribution is -0.223. The summed E-state index contributed by atoms with van der Waals surface area (Å²) in [5.41, 5.74) is 0.252. The lowest BCUT2D eigenvalue weighted by Gasteiger charge is -2.35. The van der Waals surface area contributed by atoms with E-state index in [4.69, 9.17) is 0 Å². The molecule has 1 N–H and O–H groups in total. The van der Waals surface area contributed by atoms with Gasteiger partial charge in [0, 0.05) is 0 Å². The van der Waals surface area contributed by atoms with Gasteiger partial charge in [0.1, 0.15) is 0 Å². The Bertz CT molecular complexity index is 252. The van der Waals surface area contributed by atoms with Crippen LogP contribution >= 0.6 is 0 Å². The second-order valence-corrected chi connectivity index (χ2v) is 6.48. The van der Waals surface area contributed by atoms with Crippen LogP contribution in [-0.2, 0) is 0 Å². The third kappa shape index (κ3) is 5.14. The highest BCUT2D eigenvalue weighted by Gasteiger charge is 2.44. The average Bonchev–Trinajstić information content (AvgIpc) is 2.24. The first kappa shape index (κ1) is 15.8. The number of alkyl halides is 3. The van der Waals surface area contributed by atoms with Crippen molar-refractivity contribution in [2.75, 3.05) is 19.6 Å². The quantitative estimate of drug-likeness (QED) is 0.849. The second kappa shape index (κ2) is 5.78. The molecule has 1 saturated heterocycles. The Labute approximate surface area is 107 Å². The minimum absolute atomic E-state index is 0.252. The fourth-order valence-electron chi connectivity index (χ4n) is 2.25. The summed E-state index contributed by atoms with van der Waals surface area (Å²) in [4.78, 5) is 2.20. The molecule has 5 heteroatoms. The maximum atomic E-state index is 12.4. The van der Waals surface area contributed by atoms with E-state index >= 15 is 0 Å². The molecule has 1 unspecified atom stereocenters. The first-order chi connectivity index (χ1) is 8.09. The predicted molar refractivity (Wildman–Crippen MR) is 65.3 cm³/mol. The number of aliphatic hydroxyl groups excluding tert-OH is 1. The van der Waals surface area contributed by atoms with E-state index < -0.39 is 18.2 Å². The van der Waals surface area contributed by atoms with Gasteiger partial charge in [0.05, 0.1) is 0 Å². The van der Waals surface area contributed by atoms with Crippen molar-refractivity contribution in [2.24, 2.45) is 11.3 Å².